The number of ether oxygens (including phenoxy) is 2. The van der Waals surface area contributed by atoms with Gasteiger partial charge in [-0.2, -0.15) is 5.10 Å². The molecule has 3 heterocycles. The molecule has 0 spiro atoms. The van der Waals surface area contributed by atoms with E-state index in [1.807, 2.05) is 36.0 Å². The number of hydrogen-bond acceptors (Lipinski definition) is 8. The first-order valence-corrected chi connectivity index (χ1v) is 12.6. The second kappa shape index (κ2) is 11.4. The quantitative estimate of drug-likeness (QED) is 0.241. The lowest BCUT2D eigenvalue weighted by atomic mass is 10.0. The molecule has 9 nitrogen and oxygen atoms in total. The fraction of sp³-hybridized carbons (Fsp3) is 0.357. The third-order valence-electron chi connectivity index (χ3n) is 7.10. The van der Waals surface area contributed by atoms with E-state index in [0.717, 1.165) is 66.2 Å². The SMILES string of the molecule is COc1cccc(CN(CCOC=O)C2CCN(c3nnc(-c4ccnn4C)c4ccccc34)CC2)c1. The van der Waals surface area contributed by atoms with Crippen LogP contribution in [0.1, 0.15) is 18.4 Å². The number of nitrogens with zero attached hydrogens (tertiary/aromatic N) is 6. The second-order valence-electron chi connectivity index (χ2n) is 9.27. The first kappa shape index (κ1) is 24.7. The van der Waals surface area contributed by atoms with Crippen LogP contribution in [-0.2, 0) is 23.1 Å². The van der Waals surface area contributed by atoms with Gasteiger partial charge < -0.3 is 14.4 Å². The molecule has 1 aliphatic rings. The molecule has 2 aromatic carbocycles. The smallest absolute Gasteiger partial charge is 0.293 e. The molecule has 9 heteroatoms. The summed E-state index contributed by atoms with van der Waals surface area (Å²) in [7, 11) is 3.60. The van der Waals surface area contributed by atoms with Crippen LogP contribution in [0.4, 0.5) is 5.82 Å². The van der Waals surface area contributed by atoms with Crippen LogP contribution < -0.4 is 9.64 Å². The fourth-order valence-electron chi connectivity index (χ4n) is 5.18. The highest BCUT2D eigenvalue weighted by Crippen LogP contribution is 2.33. The molecule has 192 valence electrons. The molecule has 0 N–H and O–H groups in total. The molecule has 1 aliphatic heterocycles. The summed E-state index contributed by atoms with van der Waals surface area (Å²) in [4.78, 5) is 15.5. The number of carbonyl (C=O) groups is 1. The highest BCUT2D eigenvalue weighted by atomic mass is 16.5. The van der Waals surface area contributed by atoms with Crippen molar-refractivity contribution in [2.24, 2.45) is 7.05 Å². The van der Waals surface area contributed by atoms with Gasteiger partial charge in [0.15, 0.2) is 5.82 Å². The van der Waals surface area contributed by atoms with E-state index < -0.39 is 0 Å². The van der Waals surface area contributed by atoms with Gasteiger partial charge in [0.1, 0.15) is 18.1 Å². The Balaban J connectivity index is 1.34. The predicted molar refractivity (Wildman–Crippen MR) is 142 cm³/mol. The van der Waals surface area contributed by atoms with Crippen molar-refractivity contribution in [3.63, 3.8) is 0 Å². The van der Waals surface area contributed by atoms with Gasteiger partial charge in [-0.1, -0.05) is 36.4 Å². The number of hydrogen-bond donors (Lipinski definition) is 0. The van der Waals surface area contributed by atoms with E-state index in [2.05, 4.69) is 50.3 Å². The molecule has 1 fully saturated rings. The Labute approximate surface area is 216 Å². The van der Waals surface area contributed by atoms with Crippen LogP contribution >= 0.6 is 0 Å². The first-order valence-electron chi connectivity index (χ1n) is 12.6. The fourth-order valence-corrected chi connectivity index (χ4v) is 5.18. The van der Waals surface area contributed by atoms with E-state index in [9.17, 15) is 4.79 Å². The van der Waals surface area contributed by atoms with E-state index in [-0.39, 0.29) is 0 Å². The zero-order chi connectivity index (χ0) is 25.6. The van der Waals surface area contributed by atoms with Crippen LogP contribution in [0.15, 0.2) is 60.8 Å². The van der Waals surface area contributed by atoms with Gasteiger partial charge >= 0.3 is 0 Å². The number of fused-ring (bicyclic) bond motifs is 1. The van der Waals surface area contributed by atoms with Crippen LogP contribution in [0.2, 0.25) is 0 Å². The van der Waals surface area contributed by atoms with Gasteiger partial charge in [0.2, 0.25) is 0 Å². The molecular weight excluding hydrogens is 468 g/mol. The first-order chi connectivity index (χ1) is 18.2. The van der Waals surface area contributed by atoms with Gasteiger partial charge in [-0.3, -0.25) is 14.4 Å². The van der Waals surface area contributed by atoms with Crippen LogP contribution in [0.5, 0.6) is 5.75 Å². The molecule has 0 unspecified atom stereocenters. The van der Waals surface area contributed by atoms with Crippen molar-refractivity contribution in [3.05, 3.63) is 66.4 Å². The highest BCUT2D eigenvalue weighted by molar-refractivity contribution is 5.99. The number of carbonyl (C=O) groups excluding carboxylic acids is 1. The molecule has 0 saturated carbocycles. The largest absolute Gasteiger partial charge is 0.497 e. The van der Waals surface area contributed by atoms with Crippen molar-refractivity contribution in [1.82, 2.24) is 24.9 Å². The number of anilines is 1. The molecule has 0 atom stereocenters. The topological polar surface area (TPSA) is 85.6 Å². The van der Waals surface area contributed by atoms with Crippen LogP contribution in [-0.4, -0.2) is 70.7 Å². The van der Waals surface area contributed by atoms with Gasteiger partial charge in [0.25, 0.3) is 6.47 Å². The number of methoxy groups -OCH3 is 1. The normalized spacial score (nSPS) is 14.3. The van der Waals surface area contributed by atoms with Crippen LogP contribution in [0.3, 0.4) is 0 Å². The van der Waals surface area contributed by atoms with Gasteiger partial charge in [-0.25, -0.2) is 0 Å². The minimum Gasteiger partial charge on any atom is -0.497 e. The van der Waals surface area contributed by atoms with E-state index in [4.69, 9.17) is 14.6 Å². The number of aromatic nitrogens is 4. The molecule has 4 aromatic rings. The van der Waals surface area contributed by atoms with Gasteiger partial charge in [-0.15, -0.1) is 10.2 Å². The highest BCUT2D eigenvalue weighted by Gasteiger charge is 2.27. The van der Waals surface area contributed by atoms with Crippen molar-refractivity contribution in [2.45, 2.75) is 25.4 Å². The molecule has 37 heavy (non-hydrogen) atoms. The minimum absolute atomic E-state index is 0.366. The molecule has 5 rings (SSSR count). The van der Waals surface area contributed by atoms with Crippen LogP contribution in [0, 0.1) is 0 Å². The Hall–Kier alpha value is -3.98. The Morgan fingerprint density at radius 2 is 1.86 bits per heavy atom. The average Bonchev–Trinajstić information content (AvgIpc) is 3.37. The summed E-state index contributed by atoms with van der Waals surface area (Å²) >= 11 is 0. The van der Waals surface area contributed by atoms with Crippen molar-refractivity contribution >= 4 is 23.1 Å². The summed E-state index contributed by atoms with van der Waals surface area (Å²) in [5.74, 6) is 1.76. The maximum atomic E-state index is 10.7. The lowest BCUT2D eigenvalue weighted by molar-refractivity contribution is -0.129. The lowest BCUT2D eigenvalue weighted by Gasteiger charge is -2.39. The number of aryl methyl sites for hydroxylation is 1. The van der Waals surface area contributed by atoms with E-state index >= 15 is 0 Å². The third kappa shape index (κ3) is 5.41. The second-order valence-corrected chi connectivity index (χ2v) is 9.27. The predicted octanol–water partition coefficient (Wildman–Crippen LogP) is 3.68. The van der Waals surface area contributed by atoms with E-state index in [1.54, 1.807) is 13.3 Å². The zero-order valence-corrected chi connectivity index (χ0v) is 21.3. The molecular formula is C28H32N6O3. The summed E-state index contributed by atoms with van der Waals surface area (Å²) in [6.45, 7) is 4.09. The zero-order valence-electron chi connectivity index (χ0n) is 21.3. The summed E-state index contributed by atoms with van der Waals surface area (Å²) in [6.07, 6.45) is 3.73. The maximum absolute atomic E-state index is 10.7. The standard InChI is InChI=1S/C28H32N6O3/c1-32-26(10-13-29-32)27-24-8-3-4-9-25(24)28(31-30-27)33-14-11-22(12-15-33)34(16-17-37-20-35)19-21-6-5-7-23(18-21)36-2/h3-10,13,18,20,22H,11-12,14-17,19H2,1-2H3. The van der Waals surface area contributed by atoms with E-state index in [1.165, 1.54) is 5.56 Å². The molecule has 1 saturated heterocycles. The summed E-state index contributed by atoms with van der Waals surface area (Å²) in [5, 5.41) is 15.8. The van der Waals surface area contributed by atoms with Gasteiger partial charge in [0, 0.05) is 56.2 Å². The minimum atomic E-state index is 0.366. The summed E-state index contributed by atoms with van der Waals surface area (Å²) < 4.78 is 12.3. The number of piperidine rings is 1. The van der Waals surface area contributed by atoms with Crippen molar-refractivity contribution < 1.29 is 14.3 Å². The summed E-state index contributed by atoms with van der Waals surface area (Å²) in [5.41, 5.74) is 2.96. The van der Waals surface area contributed by atoms with Gasteiger partial charge in [-0.05, 0) is 36.6 Å². The van der Waals surface area contributed by atoms with Crippen molar-refractivity contribution in [2.75, 3.05) is 38.3 Å². The Morgan fingerprint density at radius 3 is 2.59 bits per heavy atom. The molecule has 0 bridgehead atoms. The Morgan fingerprint density at radius 1 is 1.05 bits per heavy atom. The number of rotatable bonds is 10. The Bertz CT molecular complexity index is 1350. The van der Waals surface area contributed by atoms with Crippen molar-refractivity contribution in [1.29, 1.82) is 0 Å². The summed E-state index contributed by atoms with van der Waals surface area (Å²) in [6, 6.07) is 18.8. The van der Waals surface area contributed by atoms with Crippen LogP contribution in [0.25, 0.3) is 22.2 Å². The average molecular weight is 501 g/mol. The molecule has 0 radical (unpaired) electrons. The van der Waals surface area contributed by atoms with Crippen molar-refractivity contribution in [3.8, 4) is 17.1 Å². The molecule has 0 aliphatic carbocycles. The molecule has 2 aromatic heterocycles. The monoisotopic (exact) mass is 500 g/mol. The Kier molecular flexibility index (Phi) is 7.60. The van der Waals surface area contributed by atoms with Gasteiger partial charge in [0.05, 0.1) is 12.8 Å². The number of benzene rings is 2. The van der Waals surface area contributed by atoms with E-state index in [0.29, 0.717) is 25.7 Å². The molecule has 0 amide bonds. The maximum Gasteiger partial charge on any atom is 0.293 e. The third-order valence-corrected chi connectivity index (χ3v) is 7.10. The lowest BCUT2D eigenvalue weighted by Crippen LogP contribution is -2.46.